The topological polar surface area (TPSA) is 41.1 Å². The molecule has 1 aliphatic rings. The van der Waals surface area contributed by atoms with Crippen LogP contribution in [0.3, 0.4) is 0 Å². The molecule has 3 nitrogen and oxygen atoms in total. The van der Waals surface area contributed by atoms with Gasteiger partial charge in [-0.1, -0.05) is 11.6 Å². The fourth-order valence-corrected chi connectivity index (χ4v) is 1.95. The number of benzene rings is 1. The minimum Gasteiger partial charge on any atom is -0.383 e. The molecule has 86 valence electrons. The molecule has 1 aromatic rings. The van der Waals surface area contributed by atoms with Crippen LogP contribution in [0.2, 0.25) is 5.02 Å². The summed E-state index contributed by atoms with van der Waals surface area (Å²) in [5.41, 5.74) is 0.631. The van der Waals surface area contributed by atoms with E-state index < -0.39 is 0 Å². The van der Waals surface area contributed by atoms with Crippen molar-refractivity contribution in [2.24, 2.45) is 0 Å². The van der Waals surface area contributed by atoms with Crippen molar-refractivity contribution in [3.05, 3.63) is 29.0 Å². The first-order valence-electron chi connectivity index (χ1n) is 5.13. The van der Waals surface area contributed by atoms with Crippen molar-refractivity contribution < 1.29 is 9.18 Å². The summed E-state index contributed by atoms with van der Waals surface area (Å²) >= 11 is 5.72. The molecule has 1 atom stereocenters. The van der Waals surface area contributed by atoms with Crippen molar-refractivity contribution in [3.63, 3.8) is 0 Å². The molecule has 0 bridgehead atoms. The van der Waals surface area contributed by atoms with Crippen LogP contribution in [0.1, 0.15) is 12.8 Å². The Bertz CT molecular complexity index is 391. The maximum Gasteiger partial charge on any atom is 0.220 e. The third-order valence-electron chi connectivity index (χ3n) is 2.50. The average molecular weight is 243 g/mol. The largest absolute Gasteiger partial charge is 0.383 e. The lowest BCUT2D eigenvalue weighted by atomic mass is 10.2. The molecule has 0 saturated carbocycles. The minimum atomic E-state index is -0.370. The number of nitrogens with one attached hydrogen (secondary N) is 2. The van der Waals surface area contributed by atoms with E-state index in [0.717, 1.165) is 6.42 Å². The van der Waals surface area contributed by atoms with Gasteiger partial charge in [-0.3, -0.25) is 4.79 Å². The van der Waals surface area contributed by atoms with E-state index in [1.165, 1.54) is 12.1 Å². The van der Waals surface area contributed by atoms with Crippen molar-refractivity contribution in [2.75, 3.05) is 11.9 Å². The maximum atomic E-state index is 13.0. The summed E-state index contributed by atoms with van der Waals surface area (Å²) in [7, 11) is 0. The molecule has 1 fully saturated rings. The molecule has 5 heteroatoms. The number of hydrogen-bond donors (Lipinski definition) is 2. The zero-order valence-corrected chi connectivity index (χ0v) is 9.35. The first-order chi connectivity index (χ1) is 7.63. The van der Waals surface area contributed by atoms with Crippen molar-refractivity contribution in [3.8, 4) is 0 Å². The summed E-state index contributed by atoms with van der Waals surface area (Å²) in [6.45, 7) is 0.589. The lowest BCUT2D eigenvalue weighted by Crippen LogP contribution is -2.31. The highest BCUT2D eigenvalue weighted by Crippen LogP contribution is 2.18. The Hall–Kier alpha value is -1.29. The summed E-state index contributed by atoms with van der Waals surface area (Å²) in [6.07, 6.45) is 1.38. The van der Waals surface area contributed by atoms with Gasteiger partial charge in [0.2, 0.25) is 5.91 Å². The van der Waals surface area contributed by atoms with Gasteiger partial charge in [0.1, 0.15) is 5.82 Å². The van der Waals surface area contributed by atoms with Gasteiger partial charge in [0.25, 0.3) is 0 Å². The second-order valence-corrected chi connectivity index (χ2v) is 4.28. The van der Waals surface area contributed by atoms with E-state index in [4.69, 9.17) is 11.6 Å². The van der Waals surface area contributed by atoms with Crippen LogP contribution in [-0.4, -0.2) is 18.5 Å². The van der Waals surface area contributed by atoms with Crippen LogP contribution < -0.4 is 10.6 Å². The fraction of sp³-hybridized carbons (Fsp3) is 0.364. The second kappa shape index (κ2) is 4.70. The summed E-state index contributed by atoms with van der Waals surface area (Å²) in [6, 6.07) is 4.41. The molecular weight excluding hydrogens is 231 g/mol. The molecule has 2 rings (SSSR count). The van der Waals surface area contributed by atoms with E-state index in [2.05, 4.69) is 10.6 Å². The second-order valence-electron chi connectivity index (χ2n) is 3.84. The molecule has 1 aromatic carbocycles. The van der Waals surface area contributed by atoms with Gasteiger partial charge < -0.3 is 10.6 Å². The molecule has 1 unspecified atom stereocenters. The lowest BCUT2D eigenvalue weighted by molar-refractivity contribution is -0.119. The molecule has 1 heterocycles. The molecule has 0 radical (unpaired) electrons. The standard InChI is InChI=1S/C11H12ClFN2O/c12-7-3-8(13)5-10(4-7)14-6-9-1-2-11(16)15-9/h3-5,9,14H,1-2,6H2,(H,15,16). The Balaban J connectivity index is 1.91. The molecule has 2 N–H and O–H groups in total. The third-order valence-corrected chi connectivity index (χ3v) is 2.72. The average Bonchev–Trinajstić information content (AvgIpc) is 2.60. The van der Waals surface area contributed by atoms with Gasteiger partial charge in [-0.2, -0.15) is 0 Å². The predicted molar refractivity (Wildman–Crippen MR) is 61.1 cm³/mol. The molecule has 1 aliphatic heterocycles. The third kappa shape index (κ3) is 2.85. The van der Waals surface area contributed by atoms with E-state index in [1.54, 1.807) is 6.07 Å². The minimum absolute atomic E-state index is 0.0732. The first kappa shape index (κ1) is 11.2. The van der Waals surface area contributed by atoms with Crippen LogP contribution in [-0.2, 0) is 4.79 Å². The number of carbonyl (C=O) groups excluding carboxylic acids is 1. The van der Waals surface area contributed by atoms with E-state index >= 15 is 0 Å². The molecule has 0 spiro atoms. The van der Waals surface area contributed by atoms with Crippen molar-refractivity contribution in [2.45, 2.75) is 18.9 Å². The zero-order chi connectivity index (χ0) is 11.5. The van der Waals surface area contributed by atoms with Gasteiger partial charge in [-0.05, 0) is 24.6 Å². The normalized spacial score (nSPS) is 19.6. The van der Waals surface area contributed by atoms with Crippen LogP contribution in [0, 0.1) is 5.82 Å². The lowest BCUT2D eigenvalue weighted by Gasteiger charge is -2.12. The molecule has 0 aliphatic carbocycles. The summed E-state index contributed by atoms with van der Waals surface area (Å²) in [5.74, 6) is -0.297. The molecule has 1 amide bonds. The highest BCUT2D eigenvalue weighted by Gasteiger charge is 2.20. The Morgan fingerprint density at radius 2 is 2.31 bits per heavy atom. The number of hydrogen-bond acceptors (Lipinski definition) is 2. The summed E-state index contributed by atoms with van der Waals surface area (Å²) < 4.78 is 13.0. The van der Waals surface area contributed by atoms with E-state index in [9.17, 15) is 9.18 Å². The van der Waals surface area contributed by atoms with Gasteiger partial charge in [-0.15, -0.1) is 0 Å². The van der Waals surface area contributed by atoms with E-state index in [0.29, 0.717) is 23.7 Å². The monoisotopic (exact) mass is 242 g/mol. The molecule has 1 saturated heterocycles. The van der Waals surface area contributed by atoms with Crippen LogP contribution in [0.4, 0.5) is 10.1 Å². The summed E-state index contributed by atoms with van der Waals surface area (Å²) in [4.78, 5) is 11.0. The Morgan fingerprint density at radius 1 is 1.50 bits per heavy atom. The fourth-order valence-electron chi connectivity index (χ4n) is 1.73. The number of halogens is 2. The number of carbonyl (C=O) groups is 1. The molecular formula is C11H12ClFN2O. The zero-order valence-electron chi connectivity index (χ0n) is 8.59. The Morgan fingerprint density at radius 3 is 2.94 bits per heavy atom. The molecule has 0 aromatic heterocycles. The number of rotatable bonds is 3. The van der Waals surface area contributed by atoms with Crippen molar-refractivity contribution in [1.82, 2.24) is 5.32 Å². The Labute approximate surface area is 98.0 Å². The highest BCUT2D eigenvalue weighted by molar-refractivity contribution is 6.30. The quantitative estimate of drug-likeness (QED) is 0.853. The highest BCUT2D eigenvalue weighted by atomic mass is 35.5. The van der Waals surface area contributed by atoms with E-state index in [1.807, 2.05) is 0 Å². The van der Waals surface area contributed by atoms with Gasteiger partial charge in [-0.25, -0.2) is 4.39 Å². The number of amides is 1. The maximum absolute atomic E-state index is 13.0. The number of anilines is 1. The van der Waals surface area contributed by atoms with Crippen LogP contribution in [0.5, 0.6) is 0 Å². The first-order valence-corrected chi connectivity index (χ1v) is 5.50. The Kier molecular flexibility index (Phi) is 3.29. The van der Waals surface area contributed by atoms with Crippen LogP contribution >= 0.6 is 11.6 Å². The van der Waals surface area contributed by atoms with Gasteiger partial charge in [0.15, 0.2) is 0 Å². The van der Waals surface area contributed by atoms with Crippen LogP contribution in [0.25, 0.3) is 0 Å². The van der Waals surface area contributed by atoms with Gasteiger partial charge in [0.05, 0.1) is 0 Å². The van der Waals surface area contributed by atoms with E-state index in [-0.39, 0.29) is 17.8 Å². The predicted octanol–water partition coefficient (Wildman–Crippen LogP) is 2.17. The van der Waals surface area contributed by atoms with Crippen LogP contribution in [0.15, 0.2) is 18.2 Å². The smallest absolute Gasteiger partial charge is 0.220 e. The van der Waals surface area contributed by atoms with Crippen molar-refractivity contribution >= 4 is 23.2 Å². The summed E-state index contributed by atoms with van der Waals surface area (Å²) in [5, 5.41) is 6.23. The van der Waals surface area contributed by atoms with Gasteiger partial charge in [0, 0.05) is 29.7 Å². The van der Waals surface area contributed by atoms with Gasteiger partial charge >= 0.3 is 0 Å². The van der Waals surface area contributed by atoms with Crippen molar-refractivity contribution in [1.29, 1.82) is 0 Å². The molecule has 16 heavy (non-hydrogen) atoms. The SMILES string of the molecule is O=C1CCC(CNc2cc(F)cc(Cl)c2)N1.